The molecule has 0 aromatic heterocycles. The Morgan fingerprint density at radius 1 is 0.375 bits per heavy atom. The molecule has 0 bridgehead atoms. The number of anilines is 2. The Labute approximate surface area is 383 Å². The molecule has 330 valence electrons. The van der Waals surface area contributed by atoms with Crippen LogP contribution in [0.15, 0.2) is 158 Å². The van der Waals surface area contributed by atoms with Crippen molar-refractivity contribution in [3.8, 4) is 67.5 Å². The lowest BCUT2D eigenvalue weighted by atomic mass is 9.96. The predicted octanol–water partition coefficient (Wildman–Crippen LogP) is 15.4. The van der Waals surface area contributed by atoms with Gasteiger partial charge in [0.05, 0.1) is 0 Å². The van der Waals surface area contributed by atoms with E-state index < -0.39 is 16.6 Å². The Balaban J connectivity index is 0.934. The first-order chi connectivity index (χ1) is 30.3. The fourth-order valence-corrected chi connectivity index (χ4v) is 9.10. The van der Waals surface area contributed by atoms with Gasteiger partial charge in [-0.3, -0.25) is 0 Å². The summed E-state index contributed by atoms with van der Waals surface area (Å²) < 4.78 is 25.5. The summed E-state index contributed by atoms with van der Waals surface area (Å²) in [5, 5.41) is 0.261. The predicted molar refractivity (Wildman–Crippen MR) is 274 cm³/mol. The van der Waals surface area contributed by atoms with Gasteiger partial charge in [-0.05, 0) is 124 Å². The lowest BCUT2D eigenvalue weighted by Gasteiger charge is -2.36. The van der Waals surface area contributed by atoms with E-state index in [1.54, 1.807) is 0 Å². The maximum atomic E-state index is 6.80. The van der Waals surface area contributed by atoms with E-state index in [2.05, 4.69) is 195 Å². The molecule has 64 heavy (non-hydrogen) atoms. The van der Waals surface area contributed by atoms with E-state index in [1.807, 2.05) is 30.3 Å². The highest BCUT2D eigenvalue weighted by molar-refractivity contribution is 6.75. The molecular formula is C56H64N2O4Si2. The molecule has 0 aliphatic heterocycles. The average molecular weight is 885 g/mol. The second-order valence-corrected chi connectivity index (χ2v) is 29.2. The van der Waals surface area contributed by atoms with Gasteiger partial charge in [-0.25, -0.2) is 0 Å². The molecule has 0 heterocycles. The highest BCUT2D eigenvalue weighted by atomic mass is 28.4. The number of hydrogen-bond acceptors (Lipinski definition) is 6. The topological polar surface area (TPSA) is 89.0 Å². The molecule has 0 saturated heterocycles. The van der Waals surface area contributed by atoms with Crippen LogP contribution in [0, 0.1) is 0 Å². The molecule has 0 spiro atoms. The normalized spacial score (nSPS) is 12.2. The van der Waals surface area contributed by atoms with Crippen LogP contribution in [0.3, 0.4) is 0 Å². The van der Waals surface area contributed by atoms with Crippen molar-refractivity contribution in [2.24, 2.45) is 0 Å². The van der Waals surface area contributed by atoms with Crippen molar-refractivity contribution in [1.82, 2.24) is 0 Å². The van der Waals surface area contributed by atoms with Crippen molar-refractivity contribution in [3.05, 3.63) is 169 Å². The van der Waals surface area contributed by atoms with Gasteiger partial charge in [-0.1, -0.05) is 145 Å². The maximum Gasteiger partial charge on any atom is 0.250 e. The van der Waals surface area contributed by atoms with Crippen LogP contribution in [0.5, 0.6) is 23.0 Å². The minimum absolute atomic E-state index is 0.131. The van der Waals surface area contributed by atoms with Gasteiger partial charge in [-0.2, -0.15) is 0 Å². The zero-order valence-electron chi connectivity index (χ0n) is 39.2. The van der Waals surface area contributed by atoms with Crippen LogP contribution in [0.25, 0.3) is 44.5 Å². The Kier molecular flexibility index (Phi) is 13.2. The highest BCUT2D eigenvalue weighted by Crippen LogP contribution is 2.41. The standard InChI is InChI=1S/C56H64N2O4Si2/c1-55(2,3)63(7,8)61-47-32-24-43(25-33-47)51-18-12-16-49(53(51)57)41-20-28-45(29-21-41)59-37-39-14-11-15-40(36-39)38-60-46-30-22-42(23-31-46)50-17-13-19-52(54(50)58)44-26-34-48(35-27-44)62-64(9,10)56(4,5)6/h11-36H,37-38,57-58H2,1-10H3. The van der Waals surface area contributed by atoms with Crippen molar-refractivity contribution in [3.63, 3.8) is 0 Å². The van der Waals surface area contributed by atoms with E-state index in [9.17, 15) is 0 Å². The van der Waals surface area contributed by atoms with E-state index in [0.29, 0.717) is 13.2 Å². The minimum atomic E-state index is -1.93. The molecule has 7 aromatic rings. The van der Waals surface area contributed by atoms with Gasteiger partial charge < -0.3 is 29.8 Å². The first kappa shape index (κ1) is 45.8. The Morgan fingerprint density at radius 3 is 0.922 bits per heavy atom. The molecule has 0 amide bonds. The van der Waals surface area contributed by atoms with Crippen molar-refractivity contribution in [1.29, 1.82) is 0 Å². The van der Waals surface area contributed by atoms with Crippen molar-refractivity contribution < 1.29 is 18.3 Å². The van der Waals surface area contributed by atoms with Crippen molar-refractivity contribution in [2.75, 3.05) is 11.5 Å². The third kappa shape index (κ3) is 10.6. The zero-order chi connectivity index (χ0) is 45.9. The lowest BCUT2D eigenvalue weighted by Crippen LogP contribution is -2.43. The molecular weight excluding hydrogens is 821 g/mol. The van der Waals surface area contributed by atoms with E-state index >= 15 is 0 Å². The largest absolute Gasteiger partial charge is 0.544 e. The molecule has 7 rings (SSSR count). The number of para-hydroxylation sites is 2. The molecule has 0 unspecified atom stereocenters. The average Bonchev–Trinajstić information content (AvgIpc) is 3.25. The van der Waals surface area contributed by atoms with Crippen LogP contribution in [-0.2, 0) is 13.2 Å². The molecule has 0 radical (unpaired) electrons. The van der Waals surface area contributed by atoms with Crippen LogP contribution in [-0.4, -0.2) is 16.6 Å². The van der Waals surface area contributed by atoms with E-state index in [0.717, 1.165) is 90.0 Å². The van der Waals surface area contributed by atoms with Gasteiger partial charge in [0.2, 0.25) is 16.6 Å². The first-order valence-electron chi connectivity index (χ1n) is 22.2. The smallest absolute Gasteiger partial charge is 0.250 e. The van der Waals surface area contributed by atoms with Gasteiger partial charge in [0, 0.05) is 33.6 Å². The highest BCUT2D eigenvalue weighted by Gasteiger charge is 2.40. The van der Waals surface area contributed by atoms with Crippen LogP contribution >= 0.6 is 0 Å². The van der Waals surface area contributed by atoms with Crippen LogP contribution in [0.4, 0.5) is 11.4 Å². The van der Waals surface area contributed by atoms with Crippen LogP contribution in [0.1, 0.15) is 52.7 Å². The number of ether oxygens (including phenoxy) is 2. The summed E-state index contributed by atoms with van der Waals surface area (Å²) in [6.45, 7) is 23.4. The van der Waals surface area contributed by atoms with Gasteiger partial charge in [-0.15, -0.1) is 0 Å². The summed E-state index contributed by atoms with van der Waals surface area (Å²) in [5.74, 6) is 3.37. The van der Waals surface area contributed by atoms with Crippen LogP contribution in [0.2, 0.25) is 36.3 Å². The Bertz CT molecular complexity index is 2500. The minimum Gasteiger partial charge on any atom is -0.544 e. The molecule has 0 atom stereocenters. The number of hydrogen-bond donors (Lipinski definition) is 2. The molecule has 7 aromatic carbocycles. The summed E-state index contributed by atoms with van der Waals surface area (Å²) in [6, 6.07) is 53.5. The summed E-state index contributed by atoms with van der Waals surface area (Å²) in [5.41, 5.74) is 25.3. The fraction of sp³-hybridized carbons (Fsp3) is 0.250. The molecule has 4 N–H and O–H groups in total. The third-order valence-electron chi connectivity index (χ3n) is 13.0. The van der Waals surface area contributed by atoms with E-state index in [4.69, 9.17) is 29.8 Å². The van der Waals surface area contributed by atoms with Gasteiger partial charge in [0.15, 0.2) is 0 Å². The fourth-order valence-electron chi connectivity index (χ4n) is 7.04. The summed E-state index contributed by atoms with van der Waals surface area (Å²) in [4.78, 5) is 0. The number of benzene rings is 7. The van der Waals surface area contributed by atoms with Crippen LogP contribution < -0.4 is 29.8 Å². The monoisotopic (exact) mass is 884 g/mol. The SMILES string of the molecule is CC(C)(C)[Si](C)(C)Oc1ccc(-c2cccc(-c3ccc(OCc4cccc(COc5ccc(-c6cccc(-c7ccc(O[Si](C)(C)C(C)(C)C)cc7)c6N)cc5)c4)cc3)c2N)cc1. The molecule has 0 aliphatic carbocycles. The molecule has 8 heteroatoms. The number of rotatable bonds is 14. The zero-order valence-corrected chi connectivity index (χ0v) is 41.2. The molecule has 0 saturated carbocycles. The van der Waals surface area contributed by atoms with Crippen molar-refractivity contribution >= 4 is 28.0 Å². The maximum absolute atomic E-state index is 6.80. The molecule has 0 aliphatic rings. The Hall–Kier alpha value is -6.23. The number of nitrogens with two attached hydrogens (primary N) is 2. The van der Waals surface area contributed by atoms with Gasteiger partial charge in [0.25, 0.3) is 0 Å². The molecule has 0 fully saturated rings. The summed E-state index contributed by atoms with van der Waals surface area (Å²) >= 11 is 0. The lowest BCUT2D eigenvalue weighted by molar-refractivity contribution is 0.300. The van der Waals surface area contributed by atoms with Gasteiger partial charge in [0.1, 0.15) is 36.2 Å². The van der Waals surface area contributed by atoms with Crippen molar-refractivity contribution in [2.45, 2.75) is 91.0 Å². The summed E-state index contributed by atoms with van der Waals surface area (Å²) in [7, 11) is -3.85. The van der Waals surface area contributed by atoms with Gasteiger partial charge >= 0.3 is 0 Å². The van der Waals surface area contributed by atoms with E-state index in [1.165, 1.54) is 0 Å². The second-order valence-electron chi connectivity index (χ2n) is 19.8. The first-order valence-corrected chi connectivity index (χ1v) is 28.0. The summed E-state index contributed by atoms with van der Waals surface area (Å²) in [6.07, 6.45) is 0. The quantitative estimate of drug-likeness (QED) is 0.0835. The number of nitrogen functional groups attached to an aromatic ring is 2. The third-order valence-corrected chi connectivity index (χ3v) is 21.8. The second kappa shape index (κ2) is 18.5. The molecule has 6 nitrogen and oxygen atoms in total. The van der Waals surface area contributed by atoms with E-state index in [-0.39, 0.29) is 10.1 Å². The Morgan fingerprint density at radius 2 is 0.641 bits per heavy atom.